The van der Waals surface area contributed by atoms with E-state index in [1.54, 1.807) is 30.3 Å². The van der Waals surface area contributed by atoms with Gasteiger partial charge in [0.25, 0.3) is 10.0 Å². The van der Waals surface area contributed by atoms with Crippen LogP contribution in [0.25, 0.3) is 0 Å². The summed E-state index contributed by atoms with van der Waals surface area (Å²) in [5.41, 5.74) is 2.86. The number of nitrogens with zero attached hydrogens (tertiary/aromatic N) is 2. The third-order valence-corrected chi connectivity index (χ3v) is 9.28. The van der Waals surface area contributed by atoms with Crippen LogP contribution < -0.4 is 19.1 Å². The highest BCUT2D eigenvalue weighted by molar-refractivity contribution is 7.92. The molecule has 4 aromatic carbocycles. The Bertz CT molecular complexity index is 1700. The van der Waals surface area contributed by atoms with Gasteiger partial charge in [-0.15, -0.1) is 0 Å². The lowest BCUT2D eigenvalue weighted by Gasteiger charge is -2.34. The van der Waals surface area contributed by atoms with Crippen LogP contribution in [0.4, 0.5) is 5.69 Å². The van der Waals surface area contributed by atoms with Crippen LogP contribution in [0.5, 0.6) is 11.5 Å². The number of aryl methyl sites for hydroxylation is 1. The van der Waals surface area contributed by atoms with Gasteiger partial charge in [0, 0.05) is 25.6 Å². The van der Waals surface area contributed by atoms with E-state index in [2.05, 4.69) is 5.32 Å². The van der Waals surface area contributed by atoms with E-state index >= 15 is 0 Å². The molecule has 0 spiro atoms. The first-order valence-corrected chi connectivity index (χ1v) is 16.1. The number of likely N-dealkylation sites (N-methyl/N-ethyl adjacent to an activating group) is 1. The lowest BCUT2D eigenvalue weighted by atomic mass is 10.0. The van der Waals surface area contributed by atoms with E-state index < -0.39 is 28.5 Å². The van der Waals surface area contributed by atoms with Crippen molar-refractivity contribution < 1.29 is 27.5 Å². The quantitative estimate of drug-likeness (QED) is 0.211. The van der Waals surface area contributed by atoms with E-state index in [1.807, 2.05) is 68.4 Å². The number of anilines is 1. The van der Waals surface area contributed by atoms with Gasteiger partial charge >= 0.3 is 0 Å². The number of benzene rings is 4. The average molecular weight is 630 g/mol. The van der Waals surface area contributed by atoms with E-state index in [9.17, 15) is 18.0 Å². The summed E-state index contributed by atoms with van der Waals surface area (Å²) in [5, 5.41) is 2.88. The van der Waals surface area contributed by atoms with Gasteiger partial charge in [-0.25, -0.2) is 8.42 Å². The van der Waals surface area contributed by atoms with Gasteiger partial charge in [0.05, 0.1) is 24.8 Å². The minimum absolute atomic E-state index is 0.0163. The smallest absolute Gasteiger partial charge is 0.264 e. The molecule has 0 saturated carbocycles. The van der Waals surface area contributed by atoms with Gasteiger partial charge in [0.2, 0.25) is 11.8 Å². The third-order valence-electron chi connectivity index (χ3n) is 7.49. The minimum atomic E-state index is -4.23. The topological polar surface area (TPSA) is 105 Å². The Hall–Kier alpha value is -4.83. The fourth-order valence-corrected chi connectivity index (χ4v) is 6.47. The number of hydrogen-bond acceptors (Lipinski definition) is 6. The summed E-state index contributed by atoms with van der Waals surface area (Å²) >= 11 is 0. The highest BCUT2D eigenvalue weighted by atomic mass is 32.2. The van der Waals surface area contributed by atoms with Crippen molar-refractivity contribution in [3.63, 3.8) is 0 Å². The zero-order valence-electron chi connectivity index (χ0n) is 26.0. The molecule has 1 atom stereocenters. The molecule has 4 rings (SSSR count). The summed E-state index contributed by atoms with van der Waals surface area (Å²) in [6, 6.07) is 28.7. The highest BCUT2D eigenvalue weighted by Gasteiger charge is 2.35. The van der Waals surface area contributed by atoms with E-state index in [-0.39, 0.29) is 29.5 Å². The molecule has 0 radical (unpaired) electrons. The number of nitrogens with one attached hydrogen (secondary N) is 1. The second kappa shape index (κ2) is 15.3. The molecule has 0 heterocycles. The number of methoxy groups -OCH3 is 2. The Morgan fingerprint density at radius 1 is 0.822 bits per heavy atom. The van der Waals surface area contributed by atoms with Gasteiger partial charge in [-0.05, 0) is 54.8 Å². The molecule has 4 aromatic rings. The second-order valence-electron chi connectivity index (χ2n) is 10.4. The molecule has 236 valence electrons. The van der Waals surface area contributed by atoms with Crippen LogP contribution in [0.2, 0.25) is 0 Å². The van der Waals surface area contributed by atoms with Gasteiger partial charge in [-0.1, -0.05) is 72.8 Å². The molecule has 45 heavy (non-hydrogen) atoms. The number of sulfonamides is 1. The molecule has 0 fully saturated rings. The maximum atomic E-state index is 14.5. The fraction of sp³-hybridized carbons (Fsp3) is 0.257. The average Bonchev–Trinajstić information content (AvgIpc) is 3.06. The summed E-state index contributed by atoms with van der Waals surface area (Å²) in [7, 11) is -1.30. The Morgan fingerprint density at radius 2 is 1.44 bits per heavy atom. The molecule has 0 saturated heterocycles. The Kier molecular flexibility index (Phi) is 11.2. The molecule has 0 aliphatic carbocycles. The molecule has 0 bridgehead atoms. The molecule has 0 aliphatic rings. The first-order valence-electron chi connectivity index (χ1n) is 14.6. The zero-order chi connectivity index (χ0) is 32.4. The van der Waals surface area contributed by atoms with Crippen LogP contribution in [-0.2, 0) is 32.6 Å². The molecule has 9 nitrogen and oxygen atoms in total. The van der Waals surface area contributed by atoms with Crippen molar-refractivity contribution in [2.75, 3.05) is 31.6 Å². The van der Waals surface area contributed by atoms with Crippen molar-refractivity contribution in [2.24, 2.45) is 0 Å². The third kappa shape index (κ3) is 8.02. The lowest BCUT2D eigenvalue weighted by Crippen LogP contribution is -2.53. The van der Waals surface area contributed by atoms with Gasteiger partial charge in [-0.3, -0.25) is 13.9 Å². The molecule has 1 N–H and O–H groups in total. The SMILES string of the molecule is CCNC(=O)[C@H](Cc1ccccc1)N(Cc1ccccc1C)C(=O)CN(c1ccc(OC)c(OC)c1)S(=O)(=O)c1ccccc1. The van der Waals surface area contributed by atoms with E-state index in [0.29, 0.717) is 18.0 Å². The van der Waals surface area contributed by atoms with Gasteiger partial charge in [0.1, 0.15) is 12.6 Å². The number of ether oxygens (including phenoxy) is 2. The number of carbonyl (C=O) groups is 2. The summed E-state index contributed by atoms with van der Waals surface area (Å²) in [6.07, 6.45) is 0.242. The molecule has 10 heteroatoms. The number of carbonyl (C=O) groups excluding carboxylic acids is 2. The monoisotopic (exact) mass is 629 g/mol. The van der Waals surface area contributed by atoms with Crippen molar-refractivity contribution in [1.29, 1.82) is 0 Å². The molecular formula is C35H39N3O6S. The van der Waals surface area contributed by atoms with Gasteiger partial charge in [-0.2, -0.15) is 0 Å². The van der Waals surface area contributed by atoms with Crippen LogP contribution in [0.15, 0.2) is 108 Å². The lowest BCUT2D eigenvalue weighted by molar-refractivity contribution is -0.140. The van der Waals surface area contributed by atoms with E-state index in [4.69, 9.17) is 9.47 Å². The molecule has 2 amide bonds. The number of amides is 2. The predicted octanol–water partition coefficient (Wildman–Crippen LogP) is 4.98. The number of rotatable bonds is 14. The first-order chi connectivity index (χ1) is 21.7. The largest absolute Gasteiger partial charge is 0.493 e. The van der Waals surface area contributed by atoms with E-state index in [1.165, 1.54) is 37.3 Å². The van der Waals surface area contributed by atoms with Crippen LogP contribution in [-0.4, -0.2) is 58.5 Å². The predicted molar refractivity (Wildman–Crippen MR) is 175 cm³/mol. The molecule has 0 aromatic heterocycles. The van der Waals surface area contributed by atoms with Crippen molar-refractivity contribution in [3.8, 4) is 11.5 Å². The summed E-state index contributed by atoms with van der Waals surface area (Å²) in [6.45, 7) is 3.66. The normalized spacial score (nSPS) is 11.7. The molecular weight excluding hydrogens is 590 g/mol. The standard InChI is InChI=1S/C35H39N3O6S/c1-5-36-35(40)31(22-27-15-8-6-9-16-27)37(24-28-17-13-12-14-26(28)2)34(39)25-38(45(41,42)30-18-10-7-11-19-30)29-20-21-32(43-3)33(23-29)44-4/h6-21,23,31H,5,22,24-25H2,1-4H3,(H,36,40)/t31-/m0/s1. The van der Waals surface area contributed by atoms with Crippen LogP contribution >= 0.6 is 0 Å². The first kappa shape index (κ1) is 33.1. The van der Waals surface area contributed by atoms with Crippen LogP contribution in [0.1, 0.15) is 23.6 Å². The number of hydrogen-bond donors (Lipinski definition) is 1. The van der Waals surface area contributed by atoms with Crippen LogP contribution in [0, 0.1) is 6.92 Å². The summed E-state index contributed by atoms with van der Waals surface area (Å²) in [4.78, 5) is 29.6. The summed E-state index contributed by atoms with van der Waals surface area (Å²) < 4.78 is 40.2. The fourth-order valence-electron chi connectivity index (χ4n) is 5.05. The molecule has 0 aliphatic heterocycles. The van der Waals surface area contributed by atoms with Crippen LogP contribution in [0.3, 0.4) is 0 Å². The molecule has 0 unspecified atom stereocenters. The maximum Gasteiger partial charge on any atom is 0.264 e. The highest BCUT2D eigenvalue weighted by Crippen LogP contribution is 2.34. The minimum Gasteiger partial charge on any atom is -0.493 e. The Labute approximate surface area is 265 Å². The van der Waals surface area contributed by atoms with Crippen molar-refractivity contribution >= 4 is 27.5 Å². The zero-order valence-corrected chi connectivity index (χ0v) is 26.8. The Balaban J connectivity index is 1.83. The maximum absolute atomic E-state index is 14.5. The van der Waals surface area contributed by atoms with Crippen molar-refractivity contribution in [2.45, 2.75) is 37.8 Å². The van der Waals surface area contributed by atoms with E-state index in [0.717, 1.165) is 21.0 Å². The van der Waals surface area contributed by atoms with Gasteiger partial charge in [0.15, 0.2) is 11.5 Å². The van der Waals surface area contributed by atoms with Gasteiger partial charge < -0.3 is 19.7 Å². The Morgan fingerprint density at radius 3 is 2.07 bits per heavy atom. The second-order valence-corrected chi connectivity index (χ2v) is 12.3. The van der Waals surface area contributed by atoms with Crippen molar-refractivity contribution in [1.82, 2.24) is 10.2 Å². The summed E-state index contributed by atoms with van der Waals surface area (Å²) in [5.74, 6) is -0.159. The van der Waals surface area contributed by atoms with Crippen molar-refractivity contribution in [3.05, 3.63) is 120 Å².